The normalized spacial score (nSPS) is 15.5. The third-order valence-corrected chi connectivity index (χ3v) is 5.96. The van der Waals surface area contributed by atoms with Gasteiger partial charge in [0.1, 0.15) is 18.2 Å². The van der Waals surface area contributed by atoms with Gasteiger partial charge in [0, 0.05) is 45.0 Å². The van der Waals surface area contributed by atoms with E-state index in [1.807, 2.05) is 54.6 Å². The summed E-state index contributed by atoms with van der Waals surface area (Å²) in [5, 5.41) is 3.49. The van der Waals surface area contributed by atoms with Gasteiger partial charge in [-0.1, -0.05) is 24.3 Å². The van der Waals surface area contributed by atoms with Crippen LogP contribution in [0, 0.1) is 5.82 Å². The van der Waals surface area contributed by atoms with E-state index in [4.69, 9.17) is 4.74 Å². The SMILES string of the molecule is CC(NCc1ccc(OCc2ccccn2)cc1)c1ccc(N2CCN(C)CC2)c(F)c1. The molecule has 2 aromatic carbocycles. The van der Waals surface area contributed by atoms with Crippen LogP contribution in [0.15, 0.2) is 66.9 Å². The third-order valence-electron chi connectivity index (χ3n) is 5.96. The lowest BCUT2D eigenvalue weighted by Gasteiger charge is -2.34. The number of benzene rings is 2. The predicted octanol–water partition coefficient (Wildman–Crippen LogP) is 4.40. The summed E-state index contributed by atoms with van der Waals surface area (Å²) >= 11 is 0. The van der Waals surface area contributed by atoms with Gasteiger partial charge in [0.05, 0.1) is 11.4 Å². The fourth-order valence-corrected chi connectivity index (χ4v) is 3.83. The Morgan fingerprint density at radius 2 is 1.81 bits per heavy atom. The van der Waals surface area contributed by atoms with Gasteiger partial charge in [-0.05, 0) is 61.5 Å². The molecule has 4 rings (SSSR count). The molecule has 1 saturated heterocycles. The Morgan fingerprint density at radius 1 is 1.03 bits per heavy atom. The first-order valence-corrected chi connectivity index (χ1v) is 11.2. The number of rotatable bonds is 8. The number of ether oxygens (including phenoxy) is 1. The van der Waals surface area contributed by atoms with Gasteiger partial charge in [0.25, 0.3) is 0 Å². The van der Waals surface area contributed by atoms with Crippen molar-refractivity contribution in [1.82, 2.24) is 15.2 Å². The van der Waals surface area contributed by atoms with Crippen LogP contribution in [-0.2, 0) is 13.2 Å². The summed E-state index contributed by atoms with van der Waals surface area (Å²) in [5.74, 6) is 0.670. The molecule has 5 nitrogen and oxygen atoms in total. The number of piperazine rings is 1. The number of anilines is 1. The maximum atomic E-state index is 14.8. The zero-order valence-electron chi connectivity index (χ0n) is 18.8. The van der Waals surface area contributed by atoms with Gasteiger partial charge in [-0.2, -0.15) is 0 Å². The number of pyridine rings is 1. The molecule has 1 N–H and O–H groups in total. The van der Waals surface area contributed by atoms with Crippen LogP contribution in [0.3, 0.4) is 0 Å². The Bertz CT molecular complexity index is 988. The Kier molecular flexibility index (Phi) is 7.35. The number of nitrogens with zero attached hydrogens (tertiary/aromatic N) is 3. The van der Waals surface area contributed by atoms with Crippen molar-refractivity contribution < 1.29 is 9.13 Å². The second kappa shape index (κ2) is 10.6. The van der Waals surface area contributed by atoms with E-state index in [1.165, 1.54) is 0 Å². The van der Waals surface area contributed by atoms with Gasteiger partial charge in [0.2, 0.25) is 0 Å². The summed E-state index contributed by atoms with van der Waals surface area (Å²) < 4.78 is 20.6. The molecule has 0 saturated carbocycles. The maximum Gasteiger partial charge on any atom is 0.146 e. The maximum absolute atomic E-state index is 14.8. The van der Waals surface area contributed by atoms with Crippen LogP contribution in [0.25, 0.3) is 0 Å². The topological polar surface area (TPSA) is 40.6 Å². The van der Waals surface area contributed by atoms with Gasteiger partial charge in [-0.25, -0.2) is 4.39 Å². The fraction of sp³-hybridized carbons (Fsp3) is 0.346. The van der Waals surface area contributed by atoms with Gasteiger partial charge >= 0.3 is 0 Å². The van der Waals surface area contributed by atoms with Crippen molar-refractivity contribution in [2.45, 2.75) is 26.1 Å². The number of aromatic nitrogens is 1. The second-order valence-electron chi connectivity index (χ2n) is 8.36. The van der Waals surface area contributed by atoms with Crippen molar-refractivity contribution in [2.75, 3.05) is 38.1 Å². The molecule has 0 spiro atoms. The van der Waals surface area contributed by atoms with E-state index in [-0.39, 0.29) is 11.9 Å². The minimum absolute atomic E-state index is 0.0473. The molecular weight excluding hydrogens is 403 g/mol. The van der Waals surface area contributed by atoms with Crippen LogP contribution in [0.1, 0.15) is 29.8 Å². The summed E-state index contributed by atoms with van der Waals surface area (Å²) in [6.45, 7) is 6.87. The van der Waals surface area contributed by atoms with E-state index in [0.717, 1.165) is 48.7 Å². The first-order valence-electron chi connectivity index (χ1n) is 11.2. The summed E-state index contributed by atoms with van der Waals surface area (Å²) in [7, 11) is 2.10. The first kappa shape index (κ1) is 22.2. The second-order valence-corrected chi connectivity index (χ2v) is 8.36. The molecule has 1 aliphatic rings. The van der Waals surface area contributed by atoms with Gasteiger partial charge < -0.3 is 19.9 Å². The quantitative estimate of drug-likeness (QED) is 0.569. The standard InChI is InChI=1S/C26H31FN4O/c1-20(22-8-11-26(25(27)17-22)31-15-13-30(2)14-16-31)29-18-21-6-9-24(10-7-21)32-19-23-5-3-4-12-28-23/h3-12,17,20,29H,13-16,18-19H2,1-2H3. The summed E-state index contributed by atoms with van der Waals surface area (Å²) in [6, 6.07) is 19.5. The van der Waals surface area contributed by atoms with Crippen LogP contribution in [-0.4, -0.2) is 43.1 Å². The molecule has 1 atom stereocenters. The molecule has 2 heterocycles. The molecule has 0 aliphatic carbocycles. The van der Waals surface area contributed by atoms with Crippen molar-refractivity contribution in [1.29, 1.82) is 0 Å². The van der Waals surface area contributed by atoms with E-state index >= 15 is 0 Å². The van der Waals surface area contributed by atoms with Crippen molar-refractivity contribution in [3.05, 3.63) is 89.5 Å². The molecule has 32 heavy (non-hydrogen) atoms. The molecule has 3 aromatic rings. The molecule has 1 aliphatic heterocycles. The van der Waals surface area contributed by atoms with E-state index in [9.17, 15) is 4.39 Å². The average molecular weight is 435 g/mol. The highest BCUT2D eigenvalue weighted by atomic mass is 19.1. The number of hydrogen-bond acceptors (Lipinski definition) is 5. The first-order chi connectivity index (χ1) is 15.6. The Labute approximate surface area is 189 Å². The minimum Gasteiger partial charge on any atom is -0.487 e. The van der Waals surface area contributed by atoms with Gasteiger partial charge in [0.15, 0.2) is 0 Å². The summed E-state index contributed by atoms with van der Waals surface area (Å²) in [5.41, 5.74) is 3.71. The van der Waals surface area contributed by atoms with Crippen molar-refractivity contribution in [2.24, 2.45) is 0 Å². The molecule has 0 bridgehead atoms. The Morgan fingerprint density at radius 3 is 2.50 bits per heavy atom. The van der Waals surface area contributed by atoms with Crippen LogP contribution >= 0.6 is 0 Å². The molecular formula is C26H31FN4O. The number of hydrogen-bond donors (Lipinski definition) is 1. The van der Waals surface area contributed by atoms with E-state index in [2.05, 4.69) is 34.1 Å². The van der Waals surface area contributed by atoms with Crippen LogP contribution in [0.2, 0.25) is 0 Å². The van der Waals surface area contributed by atoms with Crippen molar-refractivity contribution in [3.63, 3.8) is 0 Å². The minimum atomic E-state index is -0.143. The highest BCUT2D eigenvalue weighted by Gasteiger charge is 2.18. The smallest absolute Gasteiger partial charge is 0.146 e. The molecule has 168 valence electrons. The molecule has 1 fully saturated rings. The van der Waals surface area contributed by atoms with Gasteiger partial charge in [-0.3, -0.25) is 4.98 Å². The number of likely N-dealkylation sites (N-methyl/N-ethyl adjacent to an activating group) is 1. The molecule has 0 radical (unpaired) electrons. The monoisotopic (exact) mass is 434 g/mol. The van der Waals surface area contributed by atoms with Crippen LogP contribution in [0.5, 0.6) is 5.75 Å². The zero-order valence-corrected chi connectivity index (χ0v) is 18.8. The van der Waals surface area contributed by atoms with E-state index in [0.29, 0.717) is 18.8 Å². The molecule has 6 heteroatoms. The van der Waals surface area contributed by atoms with Crippen LogP contribution in [0.4, 0.5) is 10.1 Å². The average Bonchev–Trinajstić information content (AvgIpc) is 2.83. The summed E-state index contributed by atoms with van der Waals surface area (Å²) in [6.07, 6.45) is 1.76. The summed E-state index contributed by atoms with van der Waals surface area (Å²) in [4.78, 5) is 8.67. The van der Waals surface area contributed by atoms with Gasteiger partial charge in [-0.15, -0.1) is 0 Å². The van der Waals surface area contributed by atoms with Crippen molar-refractivity contribution in [3.8, 4) is 5.75 Å². The molecule has 1 unspecified atom stereocenters. The lowest BCUT2D eigenvalue weighted by molar-refractivity contribution is 0.301. The number of nitrogens with one attached hydrogen (secondary N) is 1. The lowest BCUT2D eigenvalue weighted by Crippen LogP contribution is -2.44. The third kappa shape index (κ3) is 5.84. The highest BCUT2D eigenvalue weighted by molar-refractivity contribution is 5.50. The lowest BCUT2D eigenvalue weighted by atomic mass is 10.1. The fourth-order valence-electron chi connectivity index (χ4n) is 3.83. The predicted molar refractivity (Wildman–Crippen MR) is 126 cm³/mol. The Hall–Kier alpha value is -2.96. The van der Waals surface area contributed by atoms with Crippen LogP contribution < -0.4 is 15.0 Å². The van der Waals surface area contributed by atoms with E-state index in [1.54, 1.807) is 12.3 Å². The zero-order chi connectivity index (χ0) is 22.3. The largest absolute Gasteiger partial charge is 0.487 e. The van der Waals surface area contributed by atoms with Crippen molar-refractivity contribution >= 4 is 5.69 Å². The molecule has 0 amide bonds. The van der Waals surface area contributed by atoms with E-state index < -0.39 is 0 Å². The molecule has 1 aromatic heterocycles. The highest BCUT2D eigenvalue weighted by Crippen LogP contribution is 2.25. The Balaban J connectivity index is 1.28. The number of halogens is 1.